The van der Waals surface area contributed by atoms with Crippen LogP contribution in [-0.4, -0.2) is 32.0 Å². The van der Waals surface area contributed by atoms with Gasteiger partial charge in [0.05, 0.1) is 10.7 Å². The van der Waals surface area contributed by atoms with Gasteiger partial charge >= 0.3 is 6.18 Å². The molecular formula is C17H12Cl2F3N5O2. The monoisotopic (exact) mass is 445 g/mol. The van der Waals surface area contributed by atoms with E-state index in [0.29, 0.717) is 10.5 Å². The van der Waals surface area contributed by atoms with Gasteiger partial charge in [-0.3, -0.25) is 14.2 Å². The number of carbonyl (C=O) groups excluding carboxylic acids is 1. The molecule has 0 unspecified atom stereocenters. The molecule has 0 bridgehead atoms. The average molecular weight is 446 g/mol. The molecule has 152 valence electrons. The first-order chi connectivity index (χ1) is 13.6. The van der Waals surface area contributed by atoms with Crippen LogP contribution in [0.15, 0.2) is 41.3 Å². The Morgan fingerprint density at radius 3 is 2.31 bits per heavy atom. The minimum Gasteiger partial charge on any atom is -0.351 e. The van der Waals surface area contributed by atoms with Gasteiger partial charge < -0.3 is 5.32 Å². The van der Waals surface area contributed by atoms with E-state index in [0.717, 1.165) is 0 Å². The average Bonchev–Trinajstić information content (AvgIpc) is 3.13. The largest absolute Gasteiger partial charge is 0.437 e. The third-order valence-electron chi connectivity index (χ3n) is 3.78. The number of benzene rings is 1. The Labute approximate surface area is 171 Å². The summed E-state index contributed by atoms with van der Waals surface area (Å²) in [4.78, 5) is 24.8. The van der Waals surface area contributed by atoms with Gasteiger partial charge in [0.2, 0.25) is 0 Å². The first kappa shape index (κ1) is 20.9. The molecule has 0 radical (unpaired) electrons. The maximum Gasteiger partial charge on any atom is 0.437 e. The predicted molar refractivity (Wildman–Crippen MR) is 100.0 cm³/mol. The van der Waals surface area contributed by atoms with Gasteiger partial charge in [-0.05, 0) is 37.3 Å². The van der Waals surface area contributed by atoms with E-state index >= 15 is 0 Å². The lowest BCUT2D eigenvalue weighted by molar-refractivity contribution is -0.141. The molecule has 1 amide bonds. The number of amides is 1. The Hall–Kier alpha value is -2.85. The van der Waals surface area contributed by atoms with Crippen molar-refractivity contribution in [2.45, 2.75) is 13.1 Å². The molecule has 3 rings (SSSR count). The van der Waals surface area contributed by atoms with Crippen LogP contribution in [0.25, 0.3) is 11.4 Å². The quantitative estimate of drug-likeness (QED) is 0.666. The molecule has 2 aromatic heterocycles. The maximum absolute atomic E-state index is 13.2. The number of carbonyl (C=O) groups is 1. The van der Waals surface area contributed by atoms with Gasteiger partial charge in [0.25, 0.3) is 11.5 Å². The third-order valence-corrected chi connectivity index (χ3v) is 4.56. The second-order valence-electron chi connectivity index (χ2n) is 5.71. The zero-order chi connectivity index (χ0) is 21.3. The summed E-state index contributed by atoms with van der Waals surface area (Å²) in [7, 11) is 0. The fourth-order valence-corrected chi connectivity index (χ4v) is 2.74. The number of halogens is 5. The van der Waals surface area contributed by atoms with Crippen LogP contribution in [0.1, 0.15) is 23.1 Å². The molecule has 0 atom stereocenters. The first-order valence-corrected chi connectivity index (χ1v) is 8.89. The molecule has 0 fully saturated rings. The van der Waals surface area contributed by atoms with Gasteiger partial charge in [-0.15, -0.1) is 10.2 Å². The number of hydrogen-bond donors (Lipinski definition) is 1. The Balaban J connectivity index is 2.01. The summed E-state index contributed by atoms with van der Waals surface area (Å²) in [5.74, 6) is -0.981. The van der Waals surface area contributed by atoms with E-state index in [-0.39, 0.29) is 22.3 Å². The highest BCUT2D eigenvalue weighted by molar-refractivity contribution is 6.41. The van der Waals surface area contributed by atoms with Crippen molar-refractivity contribution in [1.29, 1.82) is 0 Å². The van der Waals surface area contributed by atoms with Crippen LogP contribution in [0.3, 0.4) is 0 Å². The number of rotatable bonds is 4. The van der Waals surface area contributed by atoms with Crippen molar-refractivity contribution in [3.05, 3.63) is 68.3 Å². The van der Waals surface area contributed by atoms with Crippen molar-refractivity contribution in [3.8, 4) is 11.4 Å². The second-order valence-corrected chi connectivity index (χ2v) is 6.50. The summed E-state index contributed by atoms with van der Waals surface area (Å²) >= 11 is 11.6. The number of nitrogens with one attached hydrogen (secondary N) is 1. The SMILES string of the molecule is CCNC(=O)c1nn(-c2ccc(-n3ccc(Cl)c(Cl)c3=O)cc2)nc1C(F)(F)F. The highest BCUT2D eigenvalue weighted by Gasteiger charge is 2.40. The van der Waals surface area contributed by atoms with Crippen LogP contribution >= 0.6 is 23.2 Å². The Morgan fingerprint density at radius 1 is 1.10 bits per heavy atom. The van der Waals surface area contributed by atoms with Crippen molar-refractivity contribution in [2.75, 3.05) is 6.54 Å². The van der Waals surface area contributed by atoms with Gasteiger partial charge in [-0.1, -0.05) is 23.2 Å². The first-order valence-electron chi connectivity index (χ1n) is 8.13. The van der Waals surface area contributed by atoms with Crippen LogP contribution in [0.4, 0.5) is 13.2 Å². The fraction of sp³-hybridized carbons (Fsp3) is 0.176. The number of hydrogen-bond acceptors (Lipinski definition) is 4. The second kappa shape index (κ2) is 7.88. The highest BCUT2D eigenvalue weighted by Crippen LogP contribution is 2.30. The molecule has 3 aromatic rings. The molecule has 1 N–H and O–H groups in total. The van der Waals surface area contributed by atoms with E-state index in [9.17, 15) is 22.8 Å². The summed E-state index contributed by atoms with van der Waals surface area (Å²) in [6.45, 7) is 1.70. The number of pyridine rings is 1. The van der Waals surface area contributed by atoms with E-state index in [2.05, 4.69) is 15.5 Å². The maximum atomic E-state index is 13.2. The summed E-state index contributed by atoms with van der Waals surface area (Å²) in [5.41, 5.74) is -2.23. The molecule has 0 aliphatic heterocycles. The Bertz CT molecular complexity index is 1120. The predicted octanol–water partition coefficient (Wildman–Crippen LogP) is 3.49. The van der Waals surface area contributed by atoms with Gasteiger partial charge in [0.15, 0.2) is 11.4 Å². The topological polar surface area (TPSA) is 81.8 Å². The van der Waals surface area contributed by atoms with Crippen LogP contribution in [-0.2, 0) is 6.18 Å². The van der Waals surface area contributed by atoms with Crippen LogP contribution in [0, 0.1) is 0 Å². The van der Waals surface area contributed by atoms with Gasteiger partial charge in [0, 0.05) is 18.4 Å². The molecule has 0 spiro atoms. The molecule has 2 heterocycles. The molecular weight excluding hydrogens is 434 g/mol. The lowest BCUT2D eigenvalue weighted by Crippen LogP contribution is -2.26. The molecule has 7 nitrogen and oxygen atoms in total. The summed E-state index contributed by atoms with van der Waals surface area (Å²) in [6, 6.07) is 7.15. The van der Waals surface area contributed by atoms with Crippen LogP contribution in [0.5, 0.6) is 0 Å². The highest BCUT2D eigenvalue weighted by atomic mass is 35.5. The van der Waals surface area contributed by atoms with Crippen LogP contribution in [0.2, 0.25) is 10.0 Å². The molecule has 29 heavy (non-hydrogen) atoms. The molecule has 0 saturated carbocycles. The van der Waals surface area contributed by atoms with Crippen molar-refractivity contribution in [3.63, 3.8) is 0 Å². The van der Waals surface area contributed by atoms with Crippen molar-refractivity contribution >= 4 is 29.1 Å². The van der Waals surface area contributed by atoms with Gasteiger partial charge in [0.1, 0.15) is 5.02 Å². The Kier molecular flexibility index (Phi) is 5.67. The zero-order valence-electron chi connectivity index (χ0n) is 14.7. The molecule has 1 aromatic carbocycles. The molecule has 0 saturated heterocycles. The van der Waals surface area contributed by atoms with Crippen molar-refractivity contribution in [2.24, 2.45) is 0 Å². The minimum atomic E-state index is -4.86. The van der Waals surface area contributed by atoms with E-state index < -0.39 is 29.0 Å². The van der Waals surface area contributed by atoms with Gasteiger partial charge in [-0.2, -0.15) is 18.0 Å². The molecule has 12 heteroatoms. The standard InChI is InChI=1S/C17H12Cl2F3N5O2/c1-2-23-15(28)13-14(17(20,21)22)25-27(24-13)10-5-3-9(4-6-10)26-8-7-11(18)12(19)16(26)29/h3-8H,2H2,1H3,(H,23,28). The van der Waals surface area contributed by atoms with Crippen molar-refractivity contribution < 1.29 is 18.0 Å². The minimum absolute atomic E-state index is 0.0999. The summed E-state index contributed by atoms with van der Waals surface area (Å²) in [5, 5.41) is 9.30. The smallest absolute Gasteiger partial charge is 0.351 e. The third kappa shape index (κ3) is 4.13. The van der Waals surface area contributed by atoms with E-state index in [4.69, 9.17) is 23.2 Å². The van der Waals surface area contributed by atoms with E-state index in [1.54, 1.807) is 6.92 Å². The van der Waals surface area contributed by atoms with E-state index in [1.807, 2.05) is 0 Å². The normalized spacial score (nSPS) is 11.5. The zero-order valence-corrected chi connectivity index (χ0v) is 16.2. The summed E-state index contributed by atoms with van der Waals surface area (Å²) in [6.07, 6.45) is -3.45. The van der Waals surface area contributed by atoms with E-state index in [1.165, 1.54) is 41.1 Å². The Morgan fingerprint density at radius 2 is 1.72 bits per heavy atom. The summed E-state index contributed by atoms with van der Waals surface area (Å²) < 4.78 is 40.9. The number of alkyl halides is 3. The lowest BCUT2D eigenvalue weighted by atomic mass is 10.2. The fourth-order valence-electron chi connectivity index (χ4n) is 2.45. The molecule has 0 aliphatic carbocycles. The van der Waals surface area contributed by atoms with Gasteiger partial charge in [-0.25, -0.2) is 0 Å². The van der Waals surface area contributed by atoms with Crippen molar-refractivity contribution in [1.82, 2.24) is 24.9 Å². The molecule has 0 aliphatic rings. The number of nitrogens with zero attached hydrogens (tertiary/aromatic N) is 4. The van der Waals surface area contributed by atoms with Crippen LogP contribution < -0.4 is 10.9 Å². The lowest BCUT2D eigenvalue weighted by Gasteiger charge is -2.08. The number of aromatic nitrogens is 4.